The molecule has 6 nitrogen and oxygen atoms in total. The van der Waals surface area contributed by atoms with Crippen molar-refractivity contribution < 1.29 is 31.8 Å². The van der Waals surface area contributed by atoms with Crippen LogP contribution in [0.25, 0.3) is 0 Å². The minimum atomic E-state index is -4.13. The zero-order valence-electron chi connectivity index (χ0n) is 16.5. The number of hydrogen-bond acceptors (Lipinski definition) is 4. The van der Waals surface area contributed by atoms with Crippen molar-refractivity contribution in [1.29, 1.82) is 0 Å². The Morgan fingerprint density at radius 1 is 0.968 bits per heavy atom. The molecule has 0 bridgehead atoms. The van der Waals surface area contributed by atoms with E-state index in [2.05, 4.69) is 0 Å². The van der Waals surface area contributed by atoms with Crippen molar-refractivity contribution in [2.24, 2.45) is 0 Å². The normalized spacial score (nSPS) is 11.5. The molecule has 0 unspecified atom stereocenters. The number of carboxylic acid groups (broad SMARTS) is 1. The summed E-state index contributed by atoms with van der Waals surface area (Å²) in [4.78, 5) is 10.9. The molecule has 0 fully saturated rings. The first-order valence-corrected chi connectivity index (χ1v) is 10.5. The molecule has 3 aromatic carbocycles. The molecule has 0 aliphatic heterocycles. The summed E-state index contributed by atoms with van der Waals surface area (Å²) in [5.74, 6) is -2.23. The van der Waals surface area contributed by atoms with Crippen LogP contribution in [0, 0.1) is 11.6 Å². The fraction of sp³-hybridized carbons (Fsp3) is 0.136. The average Bonchev–Trinajstić information content (AvgIpc) is 2.75. The molecule has 3 aromatic rings. The highest BCUT2D eigenvalue weighted by molar-refractivity contribution is 7.89. The number of halogens is 2. The maximum absolute atomic E-state index is 14.2. The van der Waals surface area contributed by atoms with Crippen LogP contribution in [0.1, 0.15) is 21.5 Å². The minimum Gasteiger partial charge on any atom is -0.497 e. The number of benzene rings is 3. The predicted octanol–water partition coefficient (Wildman–Crippen LogP) is 4.06. The van der Waals surface area contributed by atoms with Gasteiger partial charge in [-0.1, -0.05) is 18.2 Å². The molecule has 0 aliphatic rings. The number of methoxy groups -OCH3 is 1. The van der Waals surface area contributed by atoms with Gasteiger partial charge >= 0.3 is 5.97 Å². The molecular formula is C22H19F2NO5S. The van der Waals surface area contributed by atoms with Crippen LogP contribution in [0.3, 0.4) is 0 Å². The summed E-state index contributed by atoms with van der Waals surface area (Å²) in [7, 11) is -2.63. The summed E-state index contributed by atoms with van der Waals surface area (Å²) in [6.45, 7) is -0.440. The molecule has 0 amide bonds. The fourth-order valence-corrected chi connectivity index (χ4v) is 4.33. The fourth-order valence-electron chi connectivity index (χ4n) is 2.92. The molecular weight excluding hydrogens is 428 g/mol. The predicted molar refractivity (Wildman–Crippen MR) is 109 cm³/mol. The molecule has 1 N–H and O–H groups in total. The number of hydrogen-bond donors (Lipinski definition) is 1. The number of nitrogens with zero attached hydrogens (tertiary/aromatic N) is 1. The quantitative estimate of drug-likeness (QED) is 0.563. The van der Waals surface area contributed by atoms with Crippen molar-refractivity contribution in [3.05, 3.63) is 95.1 Å². The summed E-state index contributed by atoms with van der Waals surface area (Å²) >= 11 is 0. The topological polar surface area (TPSA) is 83.9 Å². The molecule has 0 heterocycles. The summed E-state index contributed by atoms with van der Waals surface area (Å²) in [6, 6.07) is 14.3. The van der Waals surface area contributed by atoms with Crippen LogP contribution in [0.5, 0.6) is 5.75 Å². The van der Waals surface area contributed by atoms with E-state index < -0.39 is 27.6 Å². The zero-order valence-corrected chi connectivity index (χ0v) is 17.3. The maximum Gasteiger partial charge on any atom is 0.335 e. The first kappa shape index (κ1) is 22.4. The second kappa shape index (κ2) is 9.23. The summed E-state index contributed by atoms with van der Waals surface area (Å²) < 4.78 is 60.2. The van der Waals surface area contributed by atoms with Crippen LogP contribution in [0.2, 0.25) is 0 Å². The number of ether oxygens (including phenoxy) is 1. The lowest BCUT2D eigenvalue weighted by atomic mass is 10.2. The van der Waals surface area contributed by atoms with Crippen molar-refractivity contribution in [2.45, 2.75) is 18.0 Å². The van der Waals surface area contributed by atoms with Crippen molar-refractivity contribution in [1.82, 2.24) is 4.31 Å². The van der Waals surface area contributed by atoms with Crippen LogP contribution in [0.4, 0.5) is 8.78 Å². The van der Waals surface area contributed by atoms with Crippen LogP contribution in [-0.2, 0) is 23.1 Å². The van der Waals surface area contributed by atoms with Gasteiger partial charge in [-0.15, -0.1) is 0 Å². The van der Waals surface area contributed by atoms with E-state index in [1.165, 1.54) is 37.4 Å². The Labute approximate surface area is 178 Å². The monoisotopic (exact) mass is 447 g/mol. The summed E-state index contributed by atoms with van der Waals surface area (Å²) in [6.07, 6.45) is 0. The van der Waals surface area contributed by atoms with E-state index >= 15 is 0 Å². The molecule has 0 aliphatic carbocycles. The molecule has 0 spiro atoms. The largest absolute Gasteiger partial charge is 0.497 e. The number of carboxylic acids is 1. The molecule has 162 valence electrons. The average molecular weight is 447 g/mol. The van der Waals surface area contributed by atoms with Gasteiger partial charge in [0.05, 0.1) is 17.6 Å². The second-order valence-electron chi connectivity index (χ2n) is 6.69. The van der Waals surface area contributed by atoms with Crippen LogP contribution in [0.15, 0.2) is 71.6 Å². The van der Waals surface area contributed by atoms with E-state index in [0.29, 0.717) is 17.4 Å². The Bertz CT molecular complexity index is 1180. The number of sulfonamides is 1. The van der Waals surface area contributed by atoms with E-state index in [0.717, 1.165) is 10.4 Å². The Balaban J connectivity index is 1.99. The Hall–Kier alpha value is -3.30. The van der Waals surface area contributed by atoms with Gasteiger partial charge in [-0.3, -0.25) is 0 Å². The van der Waals surface area contributed by atoms with Crippen LogP contribution >= 0.6 is 0 Å². The van der Waals surface area contributed by atoms with Gasteiger partial charge in [0.25, 0.3) is 0 Å². The third-order valence-electron chi connectivity index (χ3n) is 4.62. The van der Waals surface area contributed by atoms with Gasteiger partial charge in [-0.2, -0.15) is 4.31 Å². The Kier molecular flexibility index (Phi) is 6.67. The molecule has 3 rings (SSSR count). The summed E-state index contributed by atoms with van der Waals surface area (Å²) in [5.41, 5.74) is 0.555. The van der Waals surface area contributed by atoms with E-state index in [4.69, 9.17) is 9.84 Å². The van der Waals surface area contributed by atoms with Crippen molar-refractivity contribution >= 4 is 16.0 Å². The Morgan fingerprint density at radius 3 is 2.16 bits per heavy atom. The van der Waals surface area contributed by atoms with Crippen molar-refractivity contribution in [3.8, 4) is 5.75 Å². The molecule has 0 saturated heterocycles. The first-order chi connectivity index (χ1) is 14.7. The lowest BCUT2D eigenvalue weighted by molar-refractivity contribution is 0.0696. The van der Waals surface area contributed by atoms with Crippen LogP contribution < -0.4 is 4.74 Å². The number of rotatable bonds is 8. The van der Waals surface area contributed by atoms with E-state index in [1.807, 2.05) is 0 Å². The molecule has 0 aromatic heterocycles. The van der Waals surface area contributed by atoms with Gasteiger partial charge in [-0.25, -0.2) is 22.0 Å². The van der Waals surface area contributed by atoms with Gasteiger partial charge in [0.2, 0.25) is 10.0 Å². The molecule has 9 heteroatoms. The van der Waals surface area contributed by atoms with E-state index in [-0.39, 0.29) is 29.1 Å². The smallest absolute Gasteiger partial charge is 0.335 e. The highest BCUT2D eigenvalue weighted by atomic mass is 32.2. The zero-order chi connectivity index (χ0) is 22.6. The molecule has 31 heavy (non-hydrogen) atoms. The highest BCUT2D eigenvalue weighted by Crippen LogP contribution is 2.24. The number of aromatic carboxylic acids is 1. The van der Waals surface area contributed by atoms with Gasteiger partial charge in [0.1, 0.15) is 17.4 Å². The third-order valence-corrected chi connectivity index (χ3v) is 6.42. The molecule has 0 saturated carbocycles. The van der Waals surface area contributed by atoms with Gasteiger partial charge in [-0.05, 0) is 48.0 Å². The van der Waals surface area contributed by atoms with Crippen molar-refractivity contribution in [3.63, 3.8) is 0 Å². The van der Waals surface area contributed by atoms with E-state index in [9.17, 15) is 22.0 Å². The summed E-state index contributed by atoms with van der Waals surface area (Å²) in [5, 5.41) is 9.03. The maximum atomic E-state index is 14.2. The number of carbonyl (C=O) groups is 1. The molecule has 0 radical (unpaired) electrons. The van der Waals surface area contributed by atoms with Crippen molar-refractivity contribution in [2.75, 3.05) is 7.11 Å². The third kappa shape index (κ3) is 5.25. The highest BCUT2D eigenvalue weighted by Gasteiger charge is 2.26. The lowest BCUT2D eigenvalue weighted by Gasteiger charge is -2.23. The van der Waals surface area contributed by atoms with Gasteiger partial charge < -0.3 is 9.84 Å². The van der Waals surface area contributed by atoms with Crippen LogP contribution in [-0.4, -0.2) is 30.9 Å². The van der Waals surface area contributed by atoms with Gasteiger partial charge in [0, 0.05) is 24.7 Å². The molecule has 0 atom stereocenters. The second-order valence-corrected chi connectivity index (χ2v) is 8.62. The SMILES string of the molecule is COc1ccc(CN(Cc2ccc(F)cc2F)S(=O)(=O)c2ccc(C(=O)O)cc2)cc1. The van der Waals surface area contributed by atoms with Gasteiger partial charge in [0.15, 0.2) is 0 Å². The minimum absolute atomic E-state index is 0.000595. The van der Waals surface area contributed by atoms with E-state index in [1.54, 1.807) is 24.3 Å². The first-order valence-electron chi connectivity index (χ1n) is 9.11. The standard InChI is InChI=1S/C22H19F2NO5S/c1-30-19-8-2-15(3-9-19)13-25(14-17-4-7-18(23)12-21(17)24)31(28,29)20-10-5-16(6-11-20)22(26)27/h2-12H,13-14H2,1H3,(H,26,27). The lowest BCUT2D eigenvalue weighted by Crippen LogP contribution is -2.30. The Morgan fingerprint density at radius 2 is 1.61 bits per heavy atom.